The molecule has 0 N–H and O–H groups in total. The monoisotopic (exact) mass is 362 g/mol. The Bertz CT molecular complexity index is 900. The highest BCUT2D eigenvalue weighted by Crippen LogP contribution is 2.35. The number of aryl methyl sites for hydroxylation is 1. The highest BCUT2D eigenvalue weighted by Gasteiger charge is 2.28. The molecule has 3 rings (SSSR count). The van der Waals surface area contributed by atoms with Crippen molar-refractivity contribution < 1.29 is 4.39 Å². The average Bonchev–Trinajstić information content (AvgIpc) is 3.03. The van der Waals surface area contributed by atoms with Gasteiger partial charge in [0.05, 0.1) is 22.1 Å². The minimum atomic E-state index is -0.354. The van der Waals surface area contributed by atoms with E-state index in [0.717, 1.165) is 16.9 Å². The SMILES string of the molecule is Cc1cc(-n2cncc2C(C)(C)c2ccc(Cl)c(Cl)c2)ccc1F. The van der Waals surface area contributed by atoms with Gasteiger partial charge in [0.1, 0.15) is 5.82 Å². The molecule has 0 unspecified atom stereocenters. The van der Waals surface area contributed by atoms with Gasteiger partial charge in [-0.1, -0.05) is 43.1 Å². The first-order valence-electron chi connectivity index (χ1n) is 7.55. The molecular weight excluding hydrogens is 346 g/mol. The van der Waals surface area contributed by atoms with Gasteiger partial charge in [0.25, 0.3) is 0 Å². The molecule has 0 atom stereocenters. The van der Waals surface area contributed by atoms with Gasteiger partial charge in [-0.15, -0.1) is 0 Å². The van der Waals surface area contributed by atoms with E-state index in [1.54, 1.807) is 25.4 Å². The van der Waals surface area contributed by atoms with E-state index >= 15 is 0 Å². The Hall–Kier alpha value is -1.84. The summed E-state index contributed by atoms with van der Waals surface area (Å²) >= 11 is 12.2. The number of hydrogen-bond donors (Lipinski definition) is 0. The first-order chi connectivity index (χ1) is 11.3. The zero-order chi connectivity index (χ0) is 17.5. The van der Waals surface area contributed by atoms with E-state index < -0.39 is 0 Å². The summed E-state index contributed by atoms with van der Waals surface area (Å²) in [6.07, 6.45) is 3.56. The lowest BCUT2D eigenvalue weighted by atomic mass is 9.81. The number of hydrogen-bond acceptors (Lipinski definition) is 1. The van der Waals surface area contributed by atoms with Crippen molar-refractivity contribution in [2.24, 2.45) is 0 Å². The summed E-state index contributed by atoms with van der Waals surface area (Å²) < 4.78 is 15.5. The minimum Gasteiger partial charge on any atom is -0.302 e. The van der Waals surface area contributed by atoms with Crippen LogP contribution in [0.5, 0.6) is 0 Å². The van der Waals surface area contributed by atoms with Crippen LogP contribution in [-0.2, 0) is 5.41 Å². The van der Waals surface area contributed by atoms with Gasteiger partial charge < -0.3 is 4.57 Å². The lowest BCUT2D eigenvalue weighted by Gasteiger charge is -2.27. The molecule has 0 amide bonds. The topological polar surface area (TPSA) is 17.8 Å². The summed E-state index contributed by atoms with van der Waals surface area (Å²) in [5.74, 6) is -0.218. The maximum Gasteiger partial charge on any atom is 0.126 e. The maximum atomic E-state index is 13.6. The summed E-state index contributed by atoms with van der Waals surface area (Å²) in [6, 6.07) is 10.7. The number of halogens is 3. The first kappa shape index (κ1) is 17.0. The van der Waals surface area contributed by atoms with E-state index in [1.807, 2.05) is 29.0 Å². The van der Waals surface area contributed by atoms with E-state index in [0.29, 0.717) is 15.6 Å². The van der Waals surface area contributed by atoms with Crippen molar-refractivity contribution >= 4 is 23.2 Å². The molecule has 124 valence electrons. The molecule has 0 radical (unpaired) electrons. The number of rotatable bonds is 3. The number of nitrogens with zero attached hydrogens (tertiary/aromatic N) is 2. The number of benzene rings is 2. The molecule has 0 fully saturated rings. The Morgan fingerprint density at radius 2 is 1.79 bits per heavy atom. The van der Waals surface area contributed by atoms with Gasteiger partial charge in [-0.2, -0.15) is 0 Å². The third-order valence-electron chi connectivity index (χ3n) is 4.34. The lowest BCUT2D eigenvalue weighted by molar-refractivity contribution is 0.599. The third-order valence-corrected chi connectivity index (χ3v) is 5.08. The van der Waals surface area contributed by atoms with Crippen LogP contribution in [0.3, 0.4) is 0 Å². The van der Waals surface area contributed by atoms with E-state index in [4.69, 9.17) is 23.2 Å². The quantitative estimate of drug-likeness (QED) is 0.562. The largest absolute Gasteiger partial charge is 0.302 e. The fourth-order valence-electron chi connectivity index (χ4n) is 2.77. The van der Waals surface area contributed by atoms with Crippen LogP contribution in [0.2, 0.25) is 10.0 Å². The molecule has 0 saturated carbocycles. The average molecular weight is 363 g/mol. The normalized spacial score (nSPS) is 11.8. The van der Waals surface area contributed by atoms with E-state index in [9.17, 15) is 4.39 Å². The van der Waals surface area contributed by atoms with Crippen molar-refractivity contribution in [1.82, 2.24) is 9.55 Å². The van der Waals surface area contributed by atoms with Crippen LogP contribution in [0.4, 0.5) is 4.39 Å². The summed E-state index contributed by atoms with van der Waals surface area (Å²) in [6.45, 7) is 5.94. The molecule has 0 bridgehead atoms. The maximum absolute atomic E-state index is 13.6. The predicted molar refractivity (Wildman–Crippen MR) is 96.8 cm³/mol. The highest BCUT2D eigenvalue weighted by atomic mass is 35.5. The lowest BCUT2D eigenvalue weighted by Crippen LogP contribution is -2.22. The van der Waals surface area contributed by atoms with Crippen LogP contribution >= 0.6 is 23.2 Å². The molecule has 5 heteroatoms. The van der Waals surface area contributed by atoms with Crippen LogP contribution in [0.15, 0.2) is 48.9 Å². The summed E-state index contributed by atoms with van der Waals surface area (Å²) in [7, 11) is 0. The van der Waals surface area contributed by atoms with E-state index in [1.165, 1.54) is 6.07 Å². The van der Waals surface area contributed by atoms with Crippen molar-refractivity contribution in [1.29, 1.82) is 0 Å². The molecule has 0 saturated heterocycles. The standard InChI is InChI=1S/C19H17Cl2FN2/c1-12-8-14(5-7-17(12)22)24-11-23-10-18(24)19(2,3)13-4-6-15(20)16(21)9-13/h4-11H,1-3H3. The zero-order valence-electron chi connectivity index (χ0n) is 13.6. The molecule has 3 aromatic rings. The number of imidazole rings is 1. The molecule has 1 heterocycles. The van der Waals surface area contributed by atoms with Crippen LogP contribution < -0.4 is 0 Å². The summed E-state index contributed by atoms with van der Waals surface area (Å²) in [5.41, 5.74) is 3.12. The van der Waals surface area contributed by atoms with Crippen LogP contribution in [0, 0.1) is 12.7 Å². The molecule has 0 aliphatic heterocycles. The van der Waals surface area contributed by atoms with Gasteiger partial charge in [0.15, 0.2) is 0 Å². The van der Waals surface area contributed by atoms with Crippen molar-refractivity contribution in [2.45, 2.75) is 26.2 Å². The van der Waals surface area contributed by atoms with Crippen molar-refractivity contribution in [3.8, 4) is 5.69 Å². The third kappa shape index (κ3) is 2.94. The molecule has 24 heavy (non-hydrogen) atoms. The smallest absolute Gasteiger partial charge is 0.126 e. The minimum absolute atomic E-state index is 0.218. The van der Waals surface area contributed by atoms with Gasteiger partial charge >= 0.3 is 0 Å². The van der Waals surface area contributed by atoms with Gasteiger partial charge in [0, 0.05) is 17.3 Å². The molecule has 1 aromatic heterocycles. The molecule has 2 aromatic carbocycles. The Labute approximate surface area is 150 Å². The molecule has 0 aliphatic rings. The van der Waals surface area contributed by atoms with Crippen LogP contribution in [-0.4, -0.2) is 9.55 Å². The first-order valence-corrected chi connectivity index (χ1v) is 8.31. The zero-order valence-corrected chi connectivity index (χ0v) is 15.2. The van der Waals surface area contributed by atoms with E-state index in [-0.39, 0.29) is 11.2 Å². The fraction of sp³-hybridized carbons (Fsp3) is 0.211. The highest BCUT2D eigenvalue weighted by molar-refractivity contribution is 6.42. The van der Waals surface area contributed by atoms with Crippen LogP contribution in [0.25, 0.3) is 5.69 Å². The second-order valence-corrected chi connectivity index (χ2v) is 7.15. The van der Waals surface area contributed by atoms with Crippen molar-refractivity contribution in [3.05, 3.63) is 81.6 Å². The molecule has 0 spiro atoms. The van der Waals surface area contributed by atoms with Crippen LogP contribution in [0.1, 0.15) is 30.7 Å². The molecule has 2 nitrogen and oxygen atoms in total. The Morgan fingerprint density at radius 3 is 2.46 bits per heavy atom. The Morgan fingerprint density at radius 1 is 1.04 bits per heavy atom. The second-order valence-electron chi connectivity index (χ2n) is 6.34. The Kier molecular flexibility index (Phi) is 4.41. The fourth-order valence-corrected chi connectivity index (χ4v) is 3.07. The summed E-state index contributed by atoms with van der Waals surface area (Å²) in [5, 5.41) is 1.05. The van der Waals surface area contributed by atoms with E-state index in [2.05, 4.69) is 18.8 Å². The van der Waals surface area contributed by atoms with Gasteiger partial charge in [0.2, 0.25) is 0 Å². The van der Waals surface area contributed by atoms with Gasteiger partial charge in [-0.3, -0.25) is 0 Å². The van der Waals surface area contributed by atoms with Gasteiger partial charge in [-0.25, -0.2) is 9.37 Å². The second kappa shape index (κ2) is 6.23. The Balaban J connectivity index is 2.11. The molecule has 0 aliphatic carbocycles. The molecular formula is C19H17Cl2FN2. The van der Waals surface area contributed by atoms with Crippen molar-refractivity contribution in [3.63, 3.8) is 0 Å². The van der Waals surface area contributed by atoms with Crippen molar-refractivity contribution in [2.75, 3.05) is 0 Å². The van der Waals surface area contributed by atoms with Gasteiger partial charge in [-0.05, 0) is 48.4 Å². The number of aromatic nitrogens is 2. The predicted octanol–water partition coefficient (Wildman–Crippen LogP) is 5.95. The summed E-state index contributed by atoms with van der Waals surface area (Å²) in [4.78, 5) is 4.29.